The van der Waals surface area contributed by atoms with Gasteiger partial charge in [-0.3, -0.25) is 14.9 Å². The van der Waals surface area contributed by atoms with Crippen LogP contribution in [-0.2, 0) is 4.79 Å². The maximum atomic E-state index is 12.5. The van der Waals surface area contributed by atoms with Gasteiger partial charge in [-0.2, -0.15) is 0 Å². The number of benzene rings is 2. The Hall–Kier alpha value is -1.93. The van der Waals surface area contributed by atoms with Gasteiger partial charge in [0.2, 0.25) is 11.7 Å². The number of nitro benzene ring substituents is 1. The summed E-state index contributed by atoms with van der Waals surface area (Å²) in [6.07, 6.45) is 0. The predicted molar refractivity (Wildman–Crippen MR) is 99.1 cm³/mol. The van der Waals surface area contributed by atoms with Crippen molar-refractivity contribution in [3.63, 3.8) is 0 Å². The molecule has 0 bridgehead atoms. The number of hydrogen-bond acceptors (Lipinski definition) is 4. The second-order valence-corrected chi connectivity index (χ2v) is 6.79. The Morgan fingerprint density at radius 2 is 1.83 bits per heavy atom. The summed E-state index contributed by atoms with van der Waals surface area (Å²) >= 11 is 6.85. The average molecular weight is 458 g/mol. The summed E-state index contributed by atoms with van der Waals surface area (Å²) in [4.78, 5) is 22.1. The SMILES string of the molecule is COc1c(NC(=O)[C@H](Br)[C@@H](Br)c2ccccc2)cccc1[N+](=O)[O-]. The van der Waals surface area contributed by atoms with Crippen molar-refractivity contribution in [2.75, 3.05) is 12.4 Å². The number of nitrogens with zero attached hydrogens (tertiary/aromatic N) is 1. The molecular formula is C16H14Br2N2O4. The van der Waals surface area contributed by atoms with Crippen LogP contribution in [0.25, 0.3) is 0 Å². The maximum Gasteiger partial charge on any atom is 0.313 e. The number of para-hydroxylation sites is 1. The summed E-state index contributed by atoms with van der Waals surface area (Å²) in [7, 11) is 1.32. The maximum absolute atomic E-state index is 12.5. The van der Waals surface area contributed by atoms with E-state index in [9.17, 15) is 14.9 Å². The third kappa shape index (κ3) is 4.12. The van der Waals surface area contributed by atoms with E-state index in [4.69, 9.17) is 4.74 Å². The van der Waals surface area contributed by atoms with Crippen LogP contribution in [0.5, 0.6) is 5.75 Å². The summed E-state index contributed by atoms with van der Waals surface area (Å²) < 4.78 is 5.08. The quantitative estimate of drug-likeness (QED) is 0.395. The number of hydrogen-bond donors (Lipinski definition) is 1. The number of rotatable bonds is 6. The molecule has 1 N–H and O–H groups in total. The van der Waals surface area contributed by atoms with E-state index in [-0.39, 0.29) is 27.9 Å². The zero-order valence-corrected chi connectivity index (χ0v) is 15.8. The zero-order valence-electron chi connectivity index (χ0n) is 12.6. The van der Waals surface area contributed by atoms with Gasteiger partial charge in [0, 0.05) is 6.07 Å². The molecule has 8 heteroatoms. The smallest absolute Gasteiger partial charge is 0.313 e. The van der Waals surface area contributed by atoms with Crippen molar-refractivity contribution in [1.29, 1.82) is 0 Å². The fourth-order valence-electron chi connectivity index (χ4n) is 2.12. The second-order valence-electron chi connectivity index (χ2n) is 4.82. The lowest BCUT2D eigenvalue weighted by atomic mass is 10.1. The van der Waals surface area contributed by atoms with Crippen molar-refractivity contribution in [2.24, 2.45) is 0 Å². The highest BCUT2D eigenvalue weighted by Gasteiger charge is 2.27. The Balaban J connectivity index is 2.20. The molecule has 1 amide bonds. The van der Waals surface area contributed by atoms with E-state index in [0.29, 0.717) is 0 Å². The molecule has 0 aromatic heterocycles. The highest BCUT2D eigenvalue weighted by molar-refractivity contribution is 9.12. The van der Waals surface area contributed by atoms with Crippen molar-refractivity contribution >= 4 is 49.1 Å². The summed E-state index contributed by atoms with van der Waals surface area (Å²) in [6.45, 7) is 0. The van der Waals surface area contributed by atoms with Crippen LogP contribution in [0.2, 0.25) is 0 Å². The summed E-state index contributed by atoms with van der Waals surface area (Å²) in [5.41, 5.74) is 0.967. The van der Waals surface area contributed by atoms with Gasteiger partial charge in [-0.1, -0.05) is 68.3 Å². The zero-order chi connectivity index (χ0) is 17.7. The summed E-state index contributed by atoms with van der Waals surface area (Å²) in [5.74, 6) is -0.332. The molecule has 0 saturated heterocycles. The Morgan fingerprint density at radius 1 is 1.17 bits per heavy atom. The van der Waals surface area contributed by atoms with Crippen LogP contribution in [0.15, 0.2) is 48.5 Å². The molecule has 2 atom stereocenters. The van der Waals surface area contributed by atoms with E-state index in [1.165, 1.54) is 19.2 Å². The molecule has 0 aliphatic rings. The van der Waals surface area contributed by atoms with Crippen molar-refractivity contribution < 1.29 is 14.5 Å². The van der Waals surface area contributed by atoms with Crippen molar-refractivity contribution in [2.45, 2.75) is 9.65 Å². The first kappa shape index (κ1) is 18.4. The highest BCUT2D eigenvalue weighted by Crippen LogP contribution is 2.36. The molecule has 0 aliphatic heterocycles. The molecule has 0 radical (unpaired) electrons. The number of halogens is 2. The topological polar surface area (TPSA) is 81.5 Å². The number of alkyl halides is 2. The molecule has 2 rings (SSSR count). The first-order valence-corrected chi connectivity index (χ1v) is 8.74. The van der Waals surface area contributed by atoms with E-state index in [0.717, 1.165) is 5.56 Å². The lowest BCUT2D eigenvalue weighted by Crippen LogP contribution is -2.26. The average Bonchev–Trinajstić information content (AvgIpc) is 2.60. The number of carbonyl (C=O) groups excluding carboxylic acids is 1. The van der Waals surface area contributed by atoms with Gasteiger partial charge >= 0.3 is 5.69 Å². The Bertz CT molecular complexity index is 740. The Kier molecular flexibility index (Phi) is 6.33. The summed E-state index contributed by atoms with van der Waals surface area (Å²) in [5, 5.41) is 13.7. The highest BCUT2D eigenvalue weighted by atomic mass is 79.9. The minimum atomic E-state index is -0.580. The molecule has 6 nitrogen and oxygen atoms in total. The van der Waals surface area contributed by atoms with Crippen molar-refractivity contribution in [3.8, 4) is 5.75 Å². The molecule has 0 saturated carbocycles. The molecule has 0 fully saturated rings. The van der Waals surface area contributed by atoms with E-state index in [2.05, 4.69) is 37.2 Å². The van der Waals surface area contributed by atoms with Crippen LogP contribution >= 0.6 is 31.9 Å². The first-order chi connectivity index (χ1) is 11.5. The molecule has 2 aromatic rings. The van der Waals surface area contributed by atoms with Gasteiger partial charge in [0.25, 0.3) is 0 Å². The van der Waals surface area contributed by atoms with Gasteiger partial charge < -0.3 is 10.1 Å². The monoisotopic (exact) mass is 456 g/mol. The van der Waals surface area contributed by atoms with Gasteiger partial charge in [0.15, 0.2) is 0 Å². The largest absolute Gasteiger partial charge is 0.489 e. The Labute approximate surface area is 155 Å². The number of nitrogens with one attached hydrogen (secondary N) is 1. The lowest BCUT2D eigenvalue weighted by Gasteiger charge is -2.18. The van der Waals surface area contributed by atoms with Crippen molar-refractivity contribution in [3.05, 3.63) is 64.2 Å². The normalized spacial score (nSPS) is 13.0. The van der Waals surface area contributed by atoms with Gasteiger partial charge in [-0.05, 0) is 11.6 Å². The van der Waals surface area contributed by atoms with Gasteiger partial charge in [0.05, 0.1) is 22.5 Å². The molecule has 0 spiro atoms. The van der Waals surface area contributed by atoms with E-state index < -0.39 is 9.75 Å². The van der Waals surface area contributed by atoms with Crippen LogP contribution in [0.4, 0.5) is 11.4 Å². The molecule has 0 heterocycles. The fraction of sp³-hybridized carbons (Fsp3) is 0.188. The predicted octanol–water partition coefficient (Wildman–Crippen LogP) is 4.44. The second kappa shape index (κ2) is 8.25. The van der Waals surface area contributed by atoms with Crippen LogP contribution < -0.4 is 10.1 Å². The molecule has 126 valence electrons. The molecule has 0 aliphatic carbocycles. The van der Waals surface area contributed by atoms with Crippen LogP contribution in [0.3, 0.4) is 0 Å². The molecule has 0 unspecified atom stereocenters. The molecule has 24 heavy (non-hydrogen) atoms. The number of ether oxygens (including phenoxy) is 1. The number of amides is 1. The van der Waals surface area contributed by atoms with Crippen molar-refractivity contribution in [1.82, 2.24) is 0 Å². The lowest BCUT2D eigenvalue weighted by molar-refractivity contribution is -0.385. The number of carbonyl (C=O) groups is 1. The first-order valence-electron chi connectivity index (χ1n) is 6.91. The van der Waals surface area contributed by atoms with E-state index in [1.54, 1.807) is 6.07 Å². The van der Waals surface area contributed by atoms with Gasteiger partial charge in [-0.25, -0.2) is 0 Å². The third-order valence-corrected chi connectivity index (χ3v) is 5.99. The van der Waals surface area contributed by atoms with Crippen LogP contribution in [-0.4, -0.2) is 22.8 Å². The summed E-state index contributed by atoms with van der Waals surface area (Å²) in [6, 6.07) is 13.8. The fourth-order valence-corrected chi connectivity index (χ4v) is 3.09. The number of nitro groups is 1. The van der Waals surface area contributed by atoms with Gasteiger partial charge in [0.1, 0.15) is 4.83 Å². The standard InChI is InChI=1S/C16H14Br2N2O4/c1-24-15-11(8-5-9-12(15)20(22)23)19-16(21)14(18)13(17)10-6-3-2-4-7-10/h2-9,13-14H,1H3,(H,19,21)/t13-,14+/m0/s1. The number of methoxy groups -OCH3 is 1. The molecular weight excluding hydrogens is 444 g/mol. The van der Waals surface area contributed by atoms with Gasteiger partial charge in [-0.15, -0.1) is 0 Å². The molecule has 2 aromatic carbocycles. The van der Waals surface area contributed by atoms with Crippen LogP contribution in [0.1, 0.15) is 10.4 Å². The van der Waals surface area contributed by atoms with E-state index in [1.807, 2.05) is 30.3 Å². The third-order valence-electron chi connectivity index (χ3n) is 3.28. The number of anilines is 1. The van der Waals surface area contributed by atoms with Crippen LogP contribution in [0, 0.1) is 10.1 Å². The minimum absolute atomic E-state index is 0.0152. The minimum Gasteiger partial charge on any atom is -0.489 e. The Morgan fingerprint density at radius 3 is 2.42 bits per heavy atom. The van der Waals surface area contributed by atoms with E-state index >= 15 is 0 Å².